The lowest BCUT2D eigenvalue weighted by Crippen LogP contribution is -2.36. The molecule has 0 aliphatic carbocycles. The normalized spacial score (nSPS) is 8.57. The lowest BCUT2D eigenvalue weighted by Gasteiger charge is -2.31. The summed E-state index contributed by atoms with van der Waals surface area (Å²) < 4.78 is 16.6. The van der Waals surface area contributed by atoms with Gasteiger partial charge >= 0.3 is 0 Å². The molecule has 0 aliphatic heterocycles. The second kappa shape index (κ2) is 28.1. The van der Waals surface area contributed by atoms with Crippen LogP contribution in [0.4, 0.5) is 0 Å². The quantitative estimate of drug-likeness (QED) is 0.473. The minimum Gasteiger partial charge on any atom is -0.381 e. The van der Waals surface area contributed by atoms with E-state index in [9.17, 15) is 0 Å². The molecule has 0 N–H and O–H groups in total. The highest BCUT2D eigenvalue weighted by Gasteiger charge is 2.29. The number of rotatable bonds is 10. The zero-order chi connectivity index (χ0) is 11.6. The maximum atomic E-state index is 5.52. The lowest BCUT2D eigenvalue weighted by atomic mass is 9.88. The van der Waals surface area contributed by atoms with Gasteiger partial charge in [0.1, 0.15) is 0 Å². The first-order valence-electron chi connectivity index (χ1n) is 5.97. The molecule has 0 rings (SSSR count). The molecule has 0 aliphatic rings. The first kappa shape index (κ1) is 42.8. The molecule has 0 aromatic carbocycles. The van der Waals surface area contributed by atoms with Crippen LogP contribution in [0, 0.1) is 5.41 Å². The van der Waals surface area contributed by atoms with Gasteiger partial charge in [0.25, 0.3) is 0 Å². The highest BCUT2D eigenvalue weighted by atomic mass is 16.5. The lowest BCUT2D eigenvalue weighted by molar-refractivity contribution is -0.0658. The van der Waals surface area contributed by atoms with Gasteiger partial charge in [-0.05, 0) is 27.2 Å². The molecule has 0 amide bonds. The molecule has 0 unspecified atom stereocenters. The minimum atomic E-state index is 0. The largest absolute Gasteiger partial charge is 0.381 e. The van der Waals surface area contributed by atoms with Crippen molar-refractivity contribution in [3.05, 3.63) is 0 Å². The van der Waals surface area contributed by atoms with Crippen molar-refractivity contribution in [2.24, 2.45) is 5.41 Å². The standard InChI is InChI=1S/C12H26O3.6CH4/c1-5-12(9-13-6-2,10-14-7-3)11-15-8-4;;;;;;/h5-11H2,1-4H3;6*1H4. The molecule has 0 atom stereocenters. The highest BCUT2D eigenvalue weighted by Crippen LogP contribution is 2.23. The number of ether oxygens (including phenoxy) is 3. The predicted octanol–water partition coefficient (Wildman–Crippen LogP) is 6.31. The summed E-state index contributed by atoms with van der Waals surface area (Å²) in [6.45, 7) is 12.6. The van der Waals surface area contributed by atoms with Gasteiger partial charge in [0.05, 0.1) is 19.8 Å². The molecular weight excluding hydrogens is 264 g/mol. The van der Waals surface area contributed by atoms with Crippen molar-refractivity contribution in [3.63, 3.8) is 0 Å². The summed E-state index contributed by atoms with van der Waals surface area (Å²) in [4.78, 5) is 0. The monoisotopic (exact) mass is 314 g/mol. The van der Waals surface area contributed by atoms with Gasteiger partial charge in [-0.3, -0.25) is 0 Å². The summed E-state index contributed by atoms with van der Waals surface area (Å²) in [7, 11) is 0. The maximum absolute atomic E-state index is 5.52. The predicted molar refractivity (Wildman–Crippen MR) is 103 cm³/mol. The molecule has 21 heavy (non-hydrogen) atoms. The van der Waals surface area contributed by atoms with Crippen LogP contribution < -0.4 is 0 Å². The average molecular weight is 315 g/mol. The number of hydrogen-bond acceptors (Lipinski definition) is 3. The summed E-state index contributed by atoms with van der Waals surface area (Å²) in [5.41, 5.74) is 0.0298. The summed E-state index contributed by atoms with van der Waals surface area (Å²) >= 11 is 0. The molecule has 3 heteroatoms. The Labute approximate surface area is 138 Å². The molecule has 140 valence electrons. The van der Waals surface area contributed by atoms with E-state index < -0.39 is 0 Å². The number of hydrogen-bond donors (Lipinski definition) is 0. The smallest absolute Gasteiger partial charge is 0.0566 e. The first-order chi connectivity index (χ1) is 7.24. The molecule has 0 spiro atoms. The fraction of sp³-hybridized carbons (Fsp3) is 1.00. The van der Waals surface area contributed by atoms with Crippen LogP contribution in [-0.4, -0.2) is 39.6 Å². The van der Waals surface area contributed by atoms with Gasteiger partial charge in [-0.15, -0.1) is 0 Å². The van der Waals surface area contributed by atoms with Crippen LogP contribution in [0.2, 0.25) is 0 Å². The third-order valence-corrected chi connectivity index (χ3v) is 2.59. The van der Waals surface area contributed by atoms with Crippen LogP contribution in [0.1, 0.15) is 78.7 Å². The molecule has 0 radical (unpaired) electrons. The van der Waals surface area contributed by atoms with Crippen molar-refractivity contribution in [2.75, 3.05) is 39.6 Å². The van der Waals surface area contributed by atoms with Crippen LogP contribution in [0.3, 0.4) is 0 Å². The molecule has 0 saturated carbocycles. The SMILES string of the molecule is C.C.C.C.C.C.CCOCC(CC)(COCC)COCC. The second-order valence-electron chi connectivity index (χ2n) is 3.76. The van der Waals surface area contributed by atoms with E-state index in [1.165, 1.54) is 0 Å². The van der Waals surface area contributed by atoms with Gasteiger partial charge < -0.3 is 14.2 Å². The zero-order valence-corrected chi connectivity index (χ0v) is 10.7. The Hall–Kier alpha value is -0.120. The fourth-order valence-corrected chi connectivity index (χ4v) is 1.39. The molecule has 3 nitrogen and oxygen atoms in total. The van der Waals surface area contributed by atoms with E-state index in [0.717, 1.165) is 46.1 Å². The zero-order valence-electron chi connectivity index (χ0n) is 10.7. The van der Waals surface area contributed by atoms with E-state index in [-0.39, 0.29) is 50.0 Å². The molecule has 0 saturated heterocycles. The molecular formula is C18H50O3. The van der Waals surface area contributed by atoms with Crippen LogP contribution in [0.15, 0.2) is 0 Å². The third kappa shape index (κ3) is 19.9. The van der Waals surface area contributed by atoms with Crippen LogP contribution in [0.25, 0.3) is 0 Å². The van der Waals surface area contributed by atoms with Gasteiger partial charge in [-0.1, -0.05) is 51.5 Å². The van der Waals surface area contributed by atoms with Gasteiger partial charge in [0.2, 0.25) is 0 Å². The summed E-state index contributed by atoms with van der Waals surface area (Å²) in [5, 5.41) is 0. The Balaban J connectivity index is -0.0000000653. The van der Waals surface area contributed by atoms with E-state index in [4.69, 9.17) is 14.2 Å². The van der Waals surface area contributed by atoms with E-state index in [1.807, 2.05) is 20.8 Å². The Kier molecular flexibility index (Phi) is 57.3. The topological polar surface area (TPSA) is 27.7 Å². The van der Waals surface area contributed by atoms with Crippen molar-refractivity contribution in [1.82, 2.24) is 0 Å². The first-order valence-corrected chi connectivity index (χ1v) is 5.97. The molecule has 0 aromatic heterocycles. The summed E-state index contributed by atoms with van der Waals surface area (Å²) in [6, 6.07) is 0. The third-order valence-electron chi connectivity index (χ3n) is 2.59. The van der Waals surface area contributed by atoms with Gasteiger partial charge in [-0.2, -0.15) is 0 Å². The van der Waals surface area contributed by atoms with Crippen molar-refractivity contribution < 1.29 is 14.2 Å². The van der Waals surface area contributed by atoms with Crippen LogP contribution in [0.5, 0.6) is 0 Å². The van der Waals surface area contributed by atoms with Crippen molar-refractivity contribution >= 4 is 0 Å². The average Bonchev–Trinajstić information content (AvgIpc) is 2.29. The molecule has 0 aromatic rings. The molecule has 0 fully saturated rings. The fourth-order valence-electron chi connectivity index (χ4n) is 1.39. The van der Waals surface area contributed by atoms with E-state index in [2.05, 4.69) is 6.92 Å². The van der Waals surface area contributed by atoms with Gasteiger partial charge in [0.15, 0.2) is 0 Å². The Morgan fingerprint density at radius 2 is 0.762 bits per heavy atom. The van der Waals surface area contributed by atoms with Crippen molar-refractivity contribution in [3.8, 4) is 0 Å². The maximum Gasteiger partial charge on any atom is 0.0566 e. The Morgan fingerprint density at radius 1 is 0.524 bits per heavy atom. The van der Waals surface area contributed by atoms with Crippen molar-refractivity contribution in [1.29, 1.82) is 0 Å². The molecule has 0 heterocycles. The summed E-state index contributed by atoms with van der Waals surface area (Å²) in [5.74, 6) is 0. The van der Waals surface area contributed by atoms with Crippen LogP contribution in [-0.2, 0) is 14.2 Å². The molecule has 0 bridgehead atoms. The van der Waals surface area contributed by atoms with Gasteiger partial charge in [0, 0.05) is 25.2 Å². The second-order valence-corrected chi connectivity index (χ2v) is 3.76. The van der Waals surface area contributed by atoms with E-state index in [1.54, 1.807) is 0 Å². The highest BCUT2D eigenvalue weighted by molar-refractivity contribution is 4.77. The Morgan fingerprint density at radius 3 is 0.905 bits per heavy atom. The van der Waals surface area contributed by atoms with Gasteiger partial charge in [-0.25, -0.2) is 0 Å². The van der Waals surface area contributed by atoms with E-state index in [0.29, 0.717) is 0 Å². The van der Waals surface area contributed by atoms with Crippen molar-refractivity contribution in [2.45, 2.75) is 78.7 Å². The minimum absolute atomic E-state index is 0. The summed E-state index contributed by atoms with van der Waals surface area (Å²) in [6.07, 6.45) is 1.02. The van der Waals surface area contributed by atoms with E-state index >= 15 is 0 Å². The Bertz CT molecular complexity index is 117. The van der Waals surface area contributed by atoms with Crippen LogP contribution >= 0.6 is 0 Å².